The van der Waals surface area contributed by atoms with Crippen molar-refractivity contribution in [2.45, 2.75) is 23.6 Å². The predicted octanol–water partition coefficient (Wildman–Crippen LogP) is 3.26. The molecule has 1 N–H and O–H groups in total. The third kappa shape index (κ3) is 1.49. The fourth-order valence-electron chi connectivity index (χ4n) is 3.09. The number of rotatable bonds is 0. The Labute approximate surface area is 129 Å². The van der Waals surface area contributed by atoms with Crippen LogP contribution in [0.4, 0.5) is 0 Å². The van der Waals surface area contributed by atoms with Gasteiger partial charge in [-0.1, -0.05) is 16.3 Å². The van der Waals surface area contributed by atoms with E-state index in [0.29, 0.717) is 11.1 Å². The summed E-state index contributed by atoms with van der Waals surface area (Å²) < 4.78 is 49.3. The Bertz CT molecular complexity index is 1050. The van der Waals surface area contributed by atoms with Gasteiger partial charge in [0.2, 0.25) is 19.6 Å². The van der Waals surface area contributed by atoms with Crippen molar-refractivity contribution < 1.29 is 17.2 Å². The van der Waals surface area contributed by atoms with E-state index < -0.39 is 20.1 Å². The number of sulfone groups is 1. The average molecular weight is 333 g/mol. The maximum absolute atomic E-state index is 12.9. The number of hydrogen-bond donors (Lipinski definition) is 1. The predicted molar refractivity (Wildman–Crippen MR) is 85.3 cm³/mol. The van der Waals surface area contributed by atoms with Gasteiger partial charge in [-0.25, -0.2) is 8.42 Å². The van der Waals surface area contributed by atoms with Crippen LogP contribution in [0.1, 0.15) is 22.3 Å². The highest BCUT2D eigenvalue weighted by Crippen LogP contribution is 2.56. The Hall–Kier alpha value is -1.76. The lowest BCUT2D eigenvalue weighted by Gasteiger charge is -2.07. The van der Waals surface area contributed by atoms with E-state index in [1.165, 1.54) is 0 Å². The van der Waals surface area contributed by atoms with Crippen molar-refractivity contribution in [1.82, 2.24) is 0 Å². The minimum absolute atomic E-state index is 0.00407. The first-order chi connectivity index (χ1) is 10.2. The third-order valence-electron chi connectivity index (χ3n) is 4.10. The summed E-state index contributed by atoms with van der Waals surface area (Å²) in [5, 5.41) is 0. The second-order valence-corrected chi connectivity index (χ2v) is 9.44. The molecule has 22 heavy (non-hydrogen) atoms. The number of hydrogen-bond acceptors (Lipinski definition) is 3. The van der Waals surface area contributed by atoms with Gasteiger partial charge in [-0.05, 0) is 43.2 Å². The Morgan fingerprint density at radius 3 is 2.23 bits per heavy atom. The lowest BCUT2D eigenvalue weighted by Crippen LogP contribution is -2.10. The molecule has 0 radical (unpaired) electrons. The van der Waals surface area contributed by atoms with Crippen LogP contribution in [0, 0.1) is 13.8 Å². The summed E-state index contributed by atoms with van der Waals surface area (Å²) in [4.78, 5) is 0.372. The van der Waals surface area contributed by atoms with Crippen LogP contribution in [0.2, 0.25) is 0 Å². The molecule has 0 amide bonds. The van der Waals surface area contributed by atoms with Gasteiger partial charge in [0.1, 0.15) is 4.91 Å². The van der Waals surface area contributed by atoms with Gasteiger partial charge in [0.25, 0.3) is 10.2 Å². The smallest absolute Gasteiger partial charge is 0.218 e. The van der Waals surface area contributed by atoms with Gasteiger partial charge in [-0.3, -0.25) is 0 Å². The fourth-order valence-corrected chi connectivity index (χ4v) is 7.60. The van der Waals surface area contributed by atoms with Crippen molar-refractivity contribution in [3.05, 3.63) is 58.7 Å². The van der Waals surface area contributed by atoms with E-state index in [-0.39, 0.29) is 19.6 Å². The molecule has 0 aliphatic carbocycles. The van der Waals surface area contributed by atoms with Gasteiger partial charge in [0, 0.05) is 6.07 Å². The number of benzene rings is 2. The molecule has 1 atom stereocenters. The topological polar surface area (TPSA) is 71.4 Å². The molecule has 0 saturated carbocycles. The summed E-state index contributed by atoms with van der Waals surface area (Å²) in [7, 11) is -7.31. The van der Waals surface area contributed by atoms with E-state index in [1.807, 2.05) is 6.92 Å². The lowest BCUT2D eigenvalue weighted by molar-refractivity contribution is 0.509. The molecule has 0 bridgehead atoms. The van der Waals surface area contributed by atoms with Crippen LogP contribution in [-0.2, 0) is 24.3 Å². The maximum atomic E-state index is 12.9. The van der Waals surface area contributed by atoms with Gasteiger partial charge in [0.15, 0.2) is 0 Å². The van der Waals surface area contributed by atoms with E-state index in [2.05, 4.69) is 0 Å². The van der Waals surface area contributed by atoms with E-state index in [4.69, 9.17) is 0 Å². The summed E-state index contributed by atoms with van der Waals surface area (Å²) in [6.07, 6.45) is 0. The highest BCUT2D eigenvalue weighted by molar-refractivity contribution is 8.11. The molecule has 2 aliphatic heterocycles. The summed E-state index contributed by atoms with van der Waals surface area (Å²) in [5.74, 6) is 0. The molecule has 0 fully saturated rings. The van der Waals surface area contributed by atoms with Gasteiger partial charge in [-0.2, -0.15) is 4.55 Å². The fraction of sp³-hybridized carbons (Fsp3) is 0.125. The molecule has 2 aromatic rings. The minimum Gasteiger partial charge on any atom is -0.218 e. The summed E-state index contributed by atoms with van der Waals surface area (Å²) in [6, 6.07) is 9.92. The molecule has 4 nitrogen and oxygen atoms in total. The molecule has 0 aromatic heterocycles. The first-order valence-electron chi connectivity index (χ1n) is 6.73. The van der Waals surface area contributed by atoms with E-state index in [9.17, 15) is 17.2 Å². The zero-order valence-electron chi connectivity index (χ0n) is 12.0. The second-order valence-electron chi connectivity index (χ2n) is 5.69. The van der Waals surface area contributed by atoms with Crippen LogP contribution in [0.3, 0.4) is 0 Å². The minimum atomic E-state index is -3.76. The number of fused-ring (bicyclic) bond motifs is 4. The summed E-state index contributed by atoms with van der Waals surface area (Å²) in [5.41, 5.74) is 2.32. The van der Waals surface area contributed by atoms with Crippen LogP contribution in [-0.4, -0.2) is 13.0 Å². The van der Waals surface area contributed by atoms with Crippen LogP contribution in [0.5, 0.6) is 0 Å². The van der Waals surface area contributed by atoms with Crippen molar-refractivity contribution in [1.29, 1.82) is 0 Å². The largest absolute Gasteiger partial charge is 0.284 e. The maximum Gasteiger partial charge on any atom is 0.284 e. The second kappa shape index (κ2) is 3.95. The quantitative estimate of drug-likeness (QED) is 0.751. The molecule has 112 valence electrons. The lowest BCUT2D eigenvalue weighted by atomic mass is 10.1. The molecule has 0 saturated heterocycles. The molecule has 0 spiro atoms. The number of aryl methyl sites for hydroxylation is 2. The molecular formula is C16H13O4S2+. The molecular weight excluding hydrogens is 320 g/mol. The molecule has 2 aromatic carbocycles. The van der Waals surface area contributed by atoms with Crippen molar-refractivity contribution >= 4 is 29.9 Å². The van der Waals surface area contributed by atoms with Crippen LogP contribution in [0.15, 0.2) is 46.2 Å². The summed E-state index contributed by atoms with van der Waals surface area (Å²) in [6.45, 7) is 3.61. The van der Waals surface area contributed by atoms with E-state index in [0.717, 1.165) is 11.1 Å². The standard InChI is InChI=1S/C16H12O4S2/c1-9-3-5-11-13(7-9)21(17,18)16-12-6-4-10(2)8-14(12)22(19,20)15(11)16/h3-8H,1-2H3/p+1. The Morgan fingerprint density at radius 1 is 0.955 bits per heavy atom. The van der Waals surface area contributed by atoms with Crippen molar-refractivity contribution in [2.75, 3.05) is 0 Å². The van der Waals surface area contributed by atoms with E-state index in [1.54, 1.807) is 43.3 Å². The SMILES string of the molecule is Cc1ccc2c(c1)S(=O)(=O)C1=C2[S+](=O)(O)c2cc(C)ccc21. The molecule has 2 aliphatic rings. The Kier molecular flexibility index (Phi) is 2.49. The highest BCUT2D eigenvalue weighted by Gasteiger charge is 2.57. The van der Waals surface area contributed by atoms with E-state index >= 15 is 0 Å². The zero-order chi connectivity index (χ0) is 15.9. The molecule has 4 rings (SSSR count). The Balaban J connectivity index is 2.16. The van der Waals surface area contributed by atoms with Gasteiger partial charge < -0.3 is 0 Å². The van der Waals surface area contributed by atoms with Crippen molar-refractivity contribution in [3.63, 3.8) is 0 Å². The molecule has 2 heterocycles. The highest BCUT2D eigenvalue weighted by atomic mass is 32.3. The zero-order valence-corrected chi connectivity index (χ0v) is 13.6. The van der Waals surface area contributed by atoms with Gasteiger partial charge in [0.05, 0.1) is 16.0 Å². The first-order valence-corrected chi connectivity index (χ1v) is 9.72. The monoisotopic (exact) mass is 333 g/mol. The van der Waals surface area contributed by atoms with Crippen molar-refractivity contribution in [3.8, 4) is 0 Å². The summed E-state index contributed by atoms with van der Waals surface area (Å²) >= 11 is 0. The Morgan fingerprint density at radius 2 is 1.55 bits per heavy atom. The molecule has 6 heteroatoms. The first kappa shape index (κ1) is 13.9. The average Bonchev–Trinajstić information content (AvgIpc) is 2.81. The van der Waals surface area contributed by atoms with Crippen LogP contribution in [0.25, 0.3) is 9.81 Å². The van der Waals surface area contributed by atoms with Crippen molar-refractivity contribution in [2.24, 2.45) is 0 Å². The van der Waals surface area contributed by atoms with Crippen LogP contribution < -0.4 is 0 Å². The van der Waals surface area contributed by atoms with Crippen LogP contribution >= 0.6 is 0 Å². The van der Waals surface area contributed by atoms with Gasteiger partial charge >= 0.3 is 0 Å². The third-order valence-corrected chi connectivity index (χ3v) is 8.02. The normalized spacial score (nSPS) is 24.1. The van der Waals surface area contributed by atoms with Gasteiger partial charge in [-0.15, -0.1) is 0 Å². The molecule has 1 unspecified atom stereocenters.